The maximum Gasteiger partial charge on any atom is 0.472 e. The maximum atomic E-state index is 12.6. The molecule has 0 spiro atoms. The molecular formula is C42H72NO9P. The Bertz CT molecular complexity index is 1120. The van der Waals surface area contributed by atoms with Crippen LogP contribution in [0.25, 0.3) is 0 Å². The molecule has 0 aromatic rings. The van der Waals surface area contributed by atoms with Crippen molar-refractivity contribution in [3.8, 4) is 0 Å². The normalized spacial score (nSPS) is 14.7. The highest BCUT2D eigenvalue weighted by molar-refractivity contribution is 7.47. The van der Waals surface area contributed by atoms with Crippen molar-refractivity contribution in [2.75, 3.05) is 26.4 Å². The van der Waals surface area contributed by atoms with Crippen molar-refractivity contribution in [3.63, 3.8) is 0 Å². The van der Waals surface area contributed by atoms with Crippen molar-refractivity contribution >= 4 is 19.8 Å². The van der Waals surface area contributed by atoms with Crippen LogP contribution in [-0.2, 0) is 32.7 Å². The first-order chi connectivity index (χ1) is 25.7. The van der Waals surface area contributed by atoms with Crippen LogP contribution in [0.5, 0.6) is 0 Å². The van der Waals surface area contributed by atoms with Gasteiger partial charge in [0, 0.05) is 19.4 Å². The van der Waals surface area contributed by atoms with Crippen LogP contribution in [0, 0.1) is 0 Å². The molecule has 2 unspecified atom stereocenters. The number of aliphatic hydroxyl groups is 1. The van der Waals surface area contributed by atoms with Crippen LogP contribution in [0.1, 0.15) is 142 Å². The SMILES string of the molecule is CC/C=C\C/C=C\C/C=C\C/C=C\C/C=C\C=C/C(O)CCC(=O)O[C@H](COC(=O)CCCCCCCCCCCCCC)COP(=O)(O)OCCN. The lowest BCUT2D eigenvalue weighted by Gasteiger charge is -2.20. The van der Waals surface area contributed by atoms with E-state index in [0.717, 1.165) is 51.4 Å². The second kappa shape index (κ2) is 37.7. The number of allylic oxidation sites excluding steroid dienone is 11. The number of aliphatic hydroxyl groups excluding tert-OH is 1. The van der Waals surface area contributed by atoms with Crippen molar-refractivity contribution < 1.29 is 42.7 Å². The van der Waals surface area contributed by atoms with E-state index in [1.54, 1.807) is 12.2 Å². The molecule has 11 heteroatoms. The molecule has 0 aliphatic carbocycles. The fourth-order valence-corrected chi connectivity index (χ4v) is 5.74. The number of rotatable bonds is 36. The summed E-state index contributed by atoms with van der Waals surface area (Å²) in [6.07, 6.45) is 41.2. The van der Waals surface area contributed by atoms with E-state index >= 15 is 0 Å². The molecule has 3 atom stereocenters. The number of unbranched alkanes of at least 4 members (excludes halogenated alkanes) is 11. The number of phosphoric acid groups is 1. The van der Waals surface area contributed by atoms with Crippen molar-refractivity contribution in [2.45, 2.75) is 154 Å². The molecule has 0 saturated carbocycles. The van der Waals surface area contributed by atoms with Crippen LogP contribution in [0.15, 0.2) is 72.9 Å². The summed E-state index contributed by atoms with van der Waals surface area (Å²) in [6, 6.07) is 0. The van der Waals surface area contributed by atoms with Gasteiger partial charge in [-0.2, -0.15) is 0 Å². The van der Waals surface area contributed by atoms with Crippen LogP contribution in [0.2, 0.25) is 0 Å². The predicted molar refractivity (Wildman–Crippen MR) is 216 cm³/mol. The maximum absolute atomic E-state index is 12.6. The Labute approximate surface area is 321 Å². The topological polar surface area (TPSA) is 155 Å². The molecule has 0 aromatic carbocycles. The zero-order valence-electron chi connectivity index (χ0n) is 32.8. The molecule has 0 heterocycles. The van der Waals surface area contributed by atoms with E-state index in [1.807, 2.05) is 12.2 Å². The van der Waals surface area contributed by atoms with Crippen LogP contribution in [0.4, 0.5) is 0 Å². The Hall–Kier alpha value is -2.59. The van der Waals surface area contributed by atoms with Crippen molar-refractivity contribution in [2.24, 2.45) is 5.73 Å². The van der Waals surface area contributed by atoms with Gasteiger partial charge in [-0.1, -0.05) is 157 Å². The number of phosphoric ester groups is 1. The van der Waals surface area contributed by atoms with E-state index in [1.165, 1.54) is 51.4 Å². The zero-order valence-corrected chi connectivity index (χ0v) is 33.7. The summed E-state index contributed by atoms with van der Waals surface area (Å²) < 4.78 is 32.5. The molecule has 4 N–H and O–H groups in total. The second-order valence-corrected chi connectivity index (χ2v) is 14.4. The fraction of sp³-hybridized carbons (Fsp3) is 0.667. The highest BCUT2D eigenvalue weighted by Crippen LogP contribution is 2.43. The number of carbonyl (C=O) groups is 2. The summed E-state index contributed by atoms with van der Waals surface area (Å²) in [5, 5.41) is 10.3. The van der Waals surface area contributed by atoms with Gasteiger partial charge < -0.3 is 25.2 Å². The molecule has 0 aliphatic heterocycles. The number of hydrogen-bond donors (Lipinski definition) is 3. The molecule has 0 aromatic heterocycles. The Morgan fingerprint density at radius 1 is 0.660 bits per heavy atom. The highest BCUT2D eigenvalue weighted by atomic mass is 31.2. The number of ether oxygens (including phenoxy) is 2. The van der Waals surface area contributed by atoms with Gasteiger partial charge in [-0.15, -0.1) is 0 Å². The smallest absolute Gasteiger partial charge is 0.462 e. The Balaban J connectivity index is 4.47. The van der Waals surface area contributed by atoms with Gasteiger partial charge in [0.2, 0.25) is 0 Å². The molecule has 0 saturated heterocycles. The van der Waals surface area contributed by atoms with Crippen molar-refractivity contribution in [1.82, 2.24) is 0 Å². The first-order valence-corrected chi connectivity index (χ1v) is 21.5. The van der Waals surface area contributed by atoms with Crippen LogP contribution >= 0.6 is 7.82 Å². The molecule has 0 fully saturated rings. The third-order valence-corrected chi connectivity index (χ3v) is 8.96. The van der Waals surface area contributed by atoms with Crippen molar-refractivity contribution in [3.05, 3.63) is 72.9 Å². The molecule has 0 bridgehead atoms. The summed E-state index contributed by atoms with van der Waals surface area (Å²) in [7, 11) is -4.44. The molecule has 304 valence electrons. The monoisotopic (exact) mass is 765 g/mol. The first-order valence-electron chi connectivity index (χ1n) is 20.0. The molecule has 0 rings (SSSR count). The molecule has 0 amide bonds. The third-order valence-electron chi connectivity index (χ3n) is 7.97. The number of carbonyl (C=O) groups excluding carboxylic acids is 2. The lowest BCUT2D eigenvalue weighted by Crippen LogP contribution is -2.30. The Kier molecular flexibility index (Phi) is 35.9. The largest absolute Gasteiger partial charge is 0.472 e. The Morgan fingerprint density at radius 3 is 1.74 bits per heavy atom. The summed E-state index contributed by atoms with van der Waals surface area (Å²) in [6.45, 7) is 3.31. The average Bonchev–Trinajstić information content (AvgIpc) is 3.14. The molecule has 0 radical (unpaired) electrons. The van der Waals surface area contributed by atoms with E-state index < -0.39 is 38.6 Å². The Morgan fingerprint density at radius 2 is 1.19 bits per heavy atom. The fourth-order valence-electron chi connectivity index (χ4n) is 4.98. The molecule has 53 heavy (non-hydrogen) atoms. The summed E-state index contributed by atoms with van der Waals surface area (Å²) in [5.41, 5.74) is 5.32. The summed E-state index contributed by atoms with van der Waals surface area (Å²) >= 11 is 0. The average molecular weight is 766 g/mol. The third kappa shape index (κ3) is 37.5. The van der Waals surface area contributed by atoms with Gasteiger partial charge >= 0.3 is 19.8 Å². The molecule has 10 nitrogen and oxygen atoms in total. The minimum Gasteiger partial charge on any atom is -0.462 e. The van der Waals surface area contributed by atoms with Crippen LogP contribution < -0.4 is 5.73 Å². The summed E-state index contributed by atoms with van der Waals surface area (Å²) in [4.78, 5) is 34.8. The van der Waals surface area contributed by atoms with E-state index in [-0.39, 0.29) is 39.0 Å². The zero-order chi connectivity index (χ0) is 39.1. The van der Waals surface area contributed by atoms with Gasteiger partial charge in [-0.05, 0) is 44.9 Å². The van der Waals surface area contributed by atoms with E-state index in [9.17, 15) is 24.2 Å². The van der Waals surface area contributed by atoms with Crippen LogP contribution in [0.3, 0.4) is 0 Å². The number of esters is 2. The van der Waals surface area contributed by atoms with Gasteiger partial charge in [0.1, 0.15) is 6.61 Å². The number of nitrogens with two attached hydrogens (primary N) is 1. The van der Waals surface area contributed by atoms with Gasteiger partial charge in [0.15, 0.2) is 6.10 Å². The van der Waals surface area contributed by atoms with E-state index in [2.05, 4.69) is 62.5 Å². The minimum absolute atomic E-state index is 0.0148. The van der Waals surface area contributed by atoms with Crippen LogP contribution in [-0.4, -0.2) is 60.5 Å². The number of hydrogen-bond acceptors (Lipinski definition) is 9. The van der Waals surface area contributed by atoms with E-state index in [0.29, 0.717) is 6.42 Å². The van der Waals surface area contributed by atoms with Gasteiger partial charge in [-0.25, -0.2) is 4.57 Å². The van der Waals surface area contributed by atoms with Crippen molar-refractivity contribution in [1.29, 1.82) is 0 Å². The first kappa shape index (κ1) is 50.4. The molecule has 0 aliphatic rings. The minimum atomic E-state index is -4.44. The lowest BCUT2D eigenvalue weighted by atomic mass is 10.0. The molecular weight excluding hydrogens is 693 g/mol. The lowest BCUT2D eigenvalue weighted by molar-refractivity contribution is -0.161. The van der Waals surface area contributed by atoms with Gasteiger partial charge in [0.25, 0.3) is 0 Å². The predicted octanol–water partition coefficient (Wildman–Crippen LogP) is 10.1. The van der Waals surface area contributed by atoms with E-state index in [4.69, 9.17) is 24.3 Å². The highest BCUT2D eigenvalue weighted by Gasteiger charge is 2.26. The summed E-state index contributed by atoms with van der Waals surface area (Å²) in [5.74, 6) is -1.12. The second-order valence-electron chi connectivity index (χ2n) is 13.0. The van der Waals surface area contributed by atoms with Gasteiger partial charge in [-0.3, -0.25) is 18.6 Å². The standard InChI is InChI=1S/C42H72NO9P/c1-3-5-7-9-11-13-15-17-18-19-20-21-23-25-27-29-31-39(44)33-34-42(46)52-40(38-51-53(47,48)50-36-35-43)37-49-41(45)32-30-28-26-24-22-16-14-12-10-8-6-4-2/h5,7,11,13,17-18,20-21,25,27,29,31,39-40,44H,3-4,6,8-10,12,14-16,19,22-24,26,28,30,32-38,43H2,1-2H3,(H,47,48)/b7-5-,13-11-,18-17-,21-20-,27-25-,31-29-/t39?,40-/m1/s1. The quantitative estimate of drug-likeness (QED) is 0.0185. The van der Waals surface area contributed by atoms with Gasteiger partial charge in [0.05, 0.1) is 19.3 Å².